The third kappa shape index (κ3) is 4.41. The molecule has 5 aromatic rings. The van der Waals surface area contributed by atoms with Gasteiger partial charge in [0.2, 0.25) is 0 Å². The van der Waals surface area contributed by atoms with Crippen LogP contribution in [0.3, 0.4) is 0 Å². The number of hydrogen-bond acceptors (Lipinski definition) is 7. The summed E-state index contributed by atoms with van der Waals surface area (Å²) >= 11 is 0. The predicted molar refractivity (Wildman–Crippen MR) is 151 cm³/mol. The monoisotopic (exact) mass is 507 g/mol. The first-order chi connectivity index (χ1) is 18.7. The molecule has 194 valence electrons. The zero-order chi connectivity index (χ0) is 25.5. The molecule has 0 radical (unpaired) electrons. The topological polar surface area (TPSA) is 92.9 Å². The maximum absolute atomic E-state index is 5.05. The molecule has 9 nitrogen and oxygen atoms in total. The van der Waals surface area contributed by atoms with E-state index in [1.165, 1.54) is 43.6 Å². The lowest BCUT2D eigenvalue weighted by atomic mass is 10.1. The normalized spacial score (nSPS) is 17.6. The van der Waals surface area contributed by atoms with Crippen LogP contribution in [0.5, 0.6) is 0 Å². The summed E-state index contributed by atoms with van der Waals surface area (Å²) in [6.07, 6.45) is 9.71. The van der Waals surface area contributed by atoms with E-state index in [1.807, 2.05) is 18.6 Å². The molecule has 4 aromatic heterocycles. The van der Waals surface area contributed by atoms with Gasteiger partial charge in [0.25, 0.3) is 0 Å². The van der Waals surface area contributed by atoms with Crippen molar-refractivity contribution in [1.82, 2.24) is 39.9 Å². The van der Waals surface area contributed by atoms with Crippen molar-refractivity contribution >= 4 is 27.8 Å². The van der Waals surface area contributed by atoms with Gasteiger partial charge < -0.3 is 14.8 Å². The number of aromatic amines is 2. The van der Waals surface area contributed by atoms with Crippen molar-refractivity contribution in [2.45, 2.75) is 25.8 Å². The molecule has 2 saturated heterocycles. The second-order valence-corrected chi connectivity index (χ2v) is 10.7. The molecule has 9 heteroatoms. The van der Waals surface area contributed by atoms with Gasteiger partial charge in [-0.1, -0.05) is 12.5 Å². The fourth-order valence-corrected chi connectivity index (χ4v) is 5.78. The van der Waals surface area contributed by atoms with Gasteiger partial charge in [-0.3, -0.25) is 15.0 Å². The van der Waals surface area contributed by atoms with Crippen LogP contribution >= 0.6 is 0 Å². The number of piperazine rings is 1. The zero-order valence-corrected chi connectivity index (χ0v) is 21.8. The average Bonchev–Trinajstić information content (AvgIpc) is 3.58. The van der Waals surface area contributed by atoms with E-state index < -0.39 is 0 Å². The van der Waals surface area contributed by atoms with Gasteiger partial charge >= 0.3 is 0 Å². The van der Waals surface area contributed by atoms with E-state index in [2.05, 4.69) is 77.2 Å². The highest BCUT2D eigenvalue weighted by Crippen LogP contribution is 2.32. The molecule has 6 heterocycles. The summed E-state index contributed by atoms with van der Waals surface area (Å²) in [4.78, 5) is 25.1. The molecule has 2 fully saturated rings. The molecule has 38 heavy (non-hydrogen) atoms. The van der Waals surface area contributed by atoms with Gasteiger partial charge in [0.1, 0.15) is 11.2 Å². The number of piperidine rings is 1. The van der Waals surface area contributed by atoms with Crippen LogP contribution < -0.4 is 4.90 Å². The first-order valence-electron chi connectivity index (χ1n) is 13.6. The van der Waals surface area contributed by atoms with E-state index in [0.717, 1.165) is 71.8 Å². The summed E-state index contributed by atoms with van der Waals surface area (Å²) in [6, 6.07) is 10.8. The minimum absolute atomic E-state index is 0.681. The molecule has 0 aliphatic carbocycles. The van der Waals surface area contributed by atoms with Crippen LogP contribution in [-0.4, -0.2) is 86.2 Å². The van der Waals surface area contributed by atoms with Crippen molar-refractivity contribution in [2.24, 2.45) is 0 Å². The number of pyridine rings is 2. The van der Waals surface area contributed by atoms with E-state index in [-0.39, 0.29) is 0 Å². The molecule has 7 rings (SSSR count). The molecular weight excluding hydrogens is 474 g/mol. The Balaban J connectivity index is 1.22. The Labute approximate surface area is 221 Å². The van der Waals surface area contributed by atoms with Gasteiger partial charge in [0, 0.05) is 62.4 Å². The number of benzene rings is 1. The maximum atomic E-state index is 5.05. The minimum atomic E-state index is 0.681. The Morgan fingerprint density at radius 3 is 2.61 bits per heavy atom. The summed E-state index contributed by atoms with van der Waals surface area (Å²) in [7, 11) is 2.18. The van der Waals surface area contributed by atoms with Crippen LogP contribution in [0.25, 0.3) is 44.7 Å². The van der Waals surface area contributed by atoms with Gasteiger partial charge in [-0.2, -0.15) is 5.10 Å². The molecule has 2 N–H and O–H groups in total. The van der Waals surface area contributed by atoms with Crippen LogP contribution in [0.2, 0.25) is 0 Å². The predicted octanol–water partition coefficient (Wildman–Crippen LogP) is 4.30. The lowest BCUT2D eigenvalue weighted by molar-refractivity contribution is 0.220. The molecular formula is C29H33N9. The Bertz CT molecular complexity index is 1570. The lowest BCUT2D eigenvalue weighted by Gasteiger charge is -2.34. The number of nitrogens with zero attached hydrogens (tertiary/aromatic N) is 7. The van der Waals surface area contributed by atoms with Crippen LogP contribution in [0, 0.1) is 0 Å². The summed E-state index contributed by atoms with van der Waals surface area (Å²) in [6.45, 7) is 7.41. The Morgan fingerprint density at radius 2 is 1.74 bits per heavy atom. The van der Waals surface area contributed by atoms with Gasteiger partial charge in [0.15, 0.2) is 11.5 Å². The summed E-state index contributed by atoms with van der Waals surface area (Å²) in [5, 5.41) is 8.62. The largest absolute Gasteiger partial charge is 0.367 e. The van der Waals surface area contributed by atoms with Gasteiger partial charge in [-0.25, -0.2) is 9.97 Å². The fourth-order valence-electron chi connectivity index (χ4n) is 5.78. The van der Waals surface area contributed by atoms with Crippen molar-refractivity contribution in [3.8, 4) is 22.6 Å². The van der Waals surface area contributed by atoms with E-state index >= 15 is 0 Å². The summed E-state index contributed by atoms with van der Waals surface area (Å²) < 4.78 is 0. The molecule has 0 atom stereocenters. The summed E-state index contributed by atoms with van der Waals surface area (Å²) in [5.74, 6) is 0.778. The number of likely N-dealkylation sites (tertiary alicyclic amines) is 1. The van der Waals surface area contributed by atoms with Crippen LogP contribution in [-0.2, 0) is 6.54 Å². The SMILES string of the molecule is CN1CCN(c2cccc3[nH]c(-c4[nH]nc5ncc(-c6cncc(CN7CCCCC7)c6)cc45)nc23)CC1. The molecule has 0 spiro atoms. The zero-order valence-electron chi connectivity index (χ0n) is 21.8. The second-order valence-electron chi connectivity index (χ2n) is 10.7. The van der Waals surface area contributed by atoms with E-state index in [0.29, 0.717) is 5.65 Å². The Morgan fingerprint density at radius 1 is 0.895 bits per heavy atom. The first-order valence-corrected chi connectivity index (χ1v) is 13.6. The first kappa shape index (κ1) is 23.3. The van der Waals surface area contributed by atoms with Crippen molar-refractivity contribution in [3.05, 3.63) is 54.5 Å². The number of anilines is 1. The van der Waals surface area contributed by atoms with Crippen molar-refractivity contribution in [1.29, 1.82) is 0 Å². The number of likely N-dealkylation sites (N-methyl/N-ethyl adjacent to an activating group) is 1. The molecule has 2 aliphatic heterocycles. The highest BCUT2D eigenvalue weighted by atomic mass is 15.3. The van der Waals surface area contributed by atoms with E-state index in [4.69, 9.17) is 4.98 Å². The number of hydrogen-bond donors (Lipinski definition) is 2. The number of aromatic nitrogens is 6. The van der Waals surface area contributed by atoms with E-state index in [1.54, 1.807) is 0 Å². The molecule has 0 unspecified atom stereocenters. The van der Waals surface area contributed by atoms with Gasteiger partial charge in [0.05, 0.1) is 16.6 Å². The maximum Gasteiger partial charge on any atom is 0.181 e. The number of H-pyrrole nitrogens is 2. The smallest absolute Gasteiger partial charge is 0.181 e. The number of fused-ring (bicyclic) bond motifs is 2. The number of rotatable bonds is 5. The Kier molecular flexibility index (Phi) is 6.02. The summed E-state index contributed by atoms with van der Waals surface area (Å²) in [5.41, 5.74) is 8.08. The standard InChI is InChI=1S/C29H33N9/c1-36-10-12-38(13-11-36)25-7-5-6-24-27(25)33-29(32-24)26-23-15-22(18-31-28(23)35-34-26)21-14-20(16-30-17-21)19-37-8-3-2-4-9-37/h5-7,14-18H,2-4,8-13,19H2,1H3,(H,32,33)(H,31,34,35). The minimum Gasteiger partial charge on any atom is -0.367 e. The lowest BCUT2D eigenvalue weighted by Crippen LogP contribution is -2.44. The molecule has 0 amide bonds. The van der Waals surface area contributed by atoms with Crippen LogP contribution in [0.4, 0.5) is 5.69 Å². The highest BCUT2D eigenvalue weighted by molar-refractivity contribution is 5.96. The van der Waals surface area contributed by atoms with Crippen LogP contribution in [0.15, 0.2) is 48.9 Å². The fraction of sp³-hybridized carbons (Fsp3) is 0.379. The number of imidazole rings is 1. The average molecular weight is 508 g/mol. The van der Waals surface area contributed by atoms with Crippen molar-refractivity contribution < 1.29 is 0 Å². The number of para-hydroxylation sites is 1. The molecule has 2 aliphatic rings. The molecule has 0 saturated carbocycles. The van der Waals surface area contributed by atoms with Crippen molar-refractivity contribution in [3.63, 3.8) is 0 Å². The Hall–Kier alpha value is -3.82. The van der Waals surface area contributed by atoms with Gasteiger partial charge in [-0.15, -0.1) is 0 Å². The third-order valence-electron chi connectivity index (χ3n) is 7.96. The van der Waals surface area contributed by atoms with Gasteiger partial charge in [-0.05, 0) is 62.8 Å². The van der Waals surface area contributed by atoms with E-state index in [9.17, 15) is 0 Å². The molecule has 0 bridgehead atoms. The number of nitrogens with one attached hydrogen (secondary N) is 2. The van der Waals surface area contributed by atoms with Crippen LogP contribution in [0.1, 0.15) is 24.8 Å². The van der Waals surface area contributed by atoms with Crippen molar-refractivity contribution in [2.75, 3.05) is 51.2 Å². The molecule has 1 aromatic carbocycles. The quantitative estimate of drug-likeness (QED) is 0.366. The highest BCUT2D eigenvalue weighted by Gasteiger charge is 2.20. The third-order valence-corrected chi connectivity index (χ3v) is 7.96. The second kappa shape index (κ2) is 9.81.